The highest BCUT2D eigenvalue weighted by Gasteiger charge is 2.07. The standard InChI is InChI=1S/C13H16N8O/c1-9-17-10(20-22-9)7-15-13(14-2)16-8-12-19-18-11-5-3-4-6-21(11)12/h3-6H,7-8H2,1-2H3,(H2,14,15,16). The fourth-order valence-electron chi connectivity index (χ4n) is 1.97. The molecular formula is C13H16N8O. The number of pyridine rings is 1. The van der Waals surface area contributed by atoms with Crippen molar-refractivity contribution in [3.8, 4) is 0 Å². The van der Waals surface area contributed by atoms with E-state index in [1.165, 1.54) is 0 Å². The third kappa shape index (κ3) is 3.03. The fourth-order valence-corrected chi connectivity index (χ4v) is 1.97. The van der Waals surface area contributed by atoms with Gasteiger partial charge in [0, 0.05) is 20.2 Å². The van der Waals surface area contributed by atoms with E-state index in [2.05, 4.69) is 36.0 Å². The Balaban J connectivity index is 1.59. The number of fused-ring (bicyclic) bond motifs is 1. The summed E-state index contributed by atoms with van der Waals surface area (Å²) in [5, 5.41) is 18.3. The number of hydrogen-bond acceptors (Lipinski definition) is 6. The Kier molecular flexibility index (Phi) is 3.95. The maximum absolute atomic E-state index is 4.91. The van der Waals surface area contributed by atoms with Gasteiger partial charge >= 0.3 is 0 Å². The minimum absolute atomic E-state index is 0.428. The Morgan fingerprint density at radius 3 is 2.91 bits per heavy atom. The highest BCUT2D eigenvalue weighted by atomic mass is 16.5. The van der Waals surface area contributed by atoms with Gasteiger partial charge in [0.15, 0.2) is 23.3 Å². The van der Waals surface area contributed by atoms with Crippen LogP contribution in [-0.2, 0) is 13.1 Å². The lowest BCUT2D eigenvalue weighted by atomic mass is 10.4. The van der Waals surface area contributed by atoms with Gasteiger partial charge in [0.05, 0.1) is 13.1 Å². The van der Waals surface area contributed by atoms with Crippen LogP contribution >= 0.6 is 0 Å². The molecule has 2 N–H and O–H groups in total. The van der Waals surface area contributed by atoms with Crippen LogP contribution < -0.4 is 10.6 Å². The second kappa shape index (κ2) is 6.20. The Morgan fingerprint density at radius 1 is 1.27 bits per heavy atom. The van der Waals surface area contributed by atoms with E-state index in [4.69, 9.17) is 4.52 Å². The quantitative estimate of drug-likeness (QED) is 0.527. The van der Waals surface area contributed by atoms with Gasteiger partial charge in [0.1, 0.15) is 0 Å². The van der Waals surface area contributed by atoms with E-state index >= 15 is 0 Å². The summed E-state index contributed by atoms with van der Waals surface area (Å²) in [5.74, 6) is 2.53. The predicted molar refractivity (Wildman–Crippen MR) is 79.1 cm³/mol. The Hall–Kier alpha value is -2.97. The summed E-state index contributed by atoms with van der Waals surface area (Å²) in [6.45, 7) is 2.67. The lowest BCUT2D eigenvalue weighted by molar-refractivity contribution is 0.387. The number of aryl methyl sites for hydroxylation is 1. The predicted octanol–water partition coefficient (Wildman–Crippen LogP) is 0.286. The van der Waals surface area contributed by atoms with Crippen LogP contribution in [0.15, 0.2) is 33.9 Å². The molecule has 0 atom stereocenters. The van der Waals surface area contributed by atoms with Crippen molar-refractivity contribution in [2.24, 2.45) is 4.99 Å². The number of guanidine groups is 1. The van der Waals surface area contributed by atoms with Crippen LogP contribution in [0.4, 0.5) is 0 Å². The first-order valence-corrected chi connectivity index (χ1v) is 6.78. The normalized spacial score (nSPS) is 11.8. The van der Waals surface area contributed by atoms with E-state index in [1.54, 1.807) is 14.0 Å². The molecule has 0 unspecified atom stereocenters. The summed E-state index contributed by atoms with van der Waals surface area (Å²) in [7, 11) is 1.69. The van der Waals surface area contributed by atoms with Gasteiger partial charge in [-0.1, -0.05) is 11.2 Å². The second-order valence-electron chi connectivity index (χ2n) is 4.55. The maximum atomic E-state index is 4.91. The third-order valence-electron chi connectivity index (χ3n) is 3.01. The molecule has 3 heterocycles. The molecule has 0 aliphatic carbocycles. The van der Waals surface area contributed by atoms with Crippen LogP contribution in [0.25, 0.3) is 5.65 Å². The molecule has 9 nitrogen and oxygen atoms in total. The molecule has 0 aliphatic heterocycles. The first-order chi connectivity index (χ1) is 10.8. The molecule has 0 bridgehead atoms. The first kappa shape index (κ1) is 14.0. The van der Waals surface area contributed by atoms with E-state index in [0.29, 0.717) is 30.8 Å². The largest absolute Gasteiger partial charge is 0.349 e. The van der Waals surface area contributed by atoms with Crippen molar-refractivity contribution in [3.63, 3.8) is 0 Å². The molecule has 0 fully saturated rings. The second-order valence-corrected chi connectivity index (χ2v) is 4.55. The van der Waals surface area contributed by atoms with Crippen molar-refractivity contribution >= 4 is 11.6 Å². The molecule has 22 heavy (non-hydrogen) atoms. The zero-order chi connectivity index (χ0) is 15.4. The van der Waals surface area contributed by atoms with Gasteiger partial charge in [0.2, 0.25) is 5.89 Å². The summed E-state index contributed by atoms with van der Waals surface area (Å²) in [5.41, 5.74) is 0.810. The minimum atomic E-state index is 0.428. The van der Waals surface area contributed by atoms with Gasteiger partial charge in [-0.25, -0.2) is 0 Å². The Morgan fingerprint density at radius 2 is 2.14 bits per heavy atom. The topological polar surface area (TPSA) is 106 Å². The molecule has 0 aromatic carbocycles. The number of hydrogen-bond donors (Lipinski definition) is 2. The summed E-state index contributed by atoms with van der Waals surface area (Å²) in [4.78, 5) is 8.26. The molecule has 0 amide bonds. The summed E-state index contributed by atoms with van der Waals surface area (Å²) >= 11 is 0. The molecular weight excluding hydrogens is 284 g/mol. The zero-order valence-corrected chi connectivity index (χ0v) is 12.3. The zero-order valence-electron chi connectivity index (χ0n) is 12.3. The molecule has 0 radical (unpaired) electrons. The first-order valence-electron chi connectivity index (χ1n) is 6.78. The van der Waals surface area contributed by atoms with E-state index < -0.39 is 0 Å². The molecule has 3 aromatic heterocycles. The molecule has 3 rings (SSSR count). The van der Waals surface area contributed by atoms with Crippen molar-refractivity contribution in [1.29, 1.82) is 0 Å². The number of rotatable bonds is 4. The van der Waals surface area contributed by atoms with Gasteiger partial charge in [-0.05, 0) is 12.1 Å². The van der Waals surface area contributed by atoms with Crippen LogP contribution in [-0.4, -0.2) is 37.7 Å². The average molecular weight is 300 g/mol. The Labute approximate surface area is 126 Å². The SMILES string of the molecule is CN=C(NCc1noc(C)n1)NCc1nnc2ccccn12. The van der Waals surface area contributed by atoms with Crippen molar-refractivity contribution in [1.82, 2.24) is 35.4 Å². The number of aliphatic imine (C=N–C) groups is 1. The van der Waals surface area contributed by atoms with E-state index in [-0.39, 0.29) is 0 Å². The lowest BCUT2D eigenvalue weighted by Crippen LogP contribution is -2.37. The summed E-state index contributed by atoms with van der Waals surface area (Å²) in [6, 6.07) is 5.77. The monoisotopic (exact) mass is 300 g/mol. The number of nitrogens with zero attached hydrogens (tertiary/aromatic N) is 6. The van der Waals surface area contributed by atoms with Crippen LogP contribution in [0.1, 0.15) is 17.5 Å². The van der Waals surface area contributed by atoms with Crippen LogP contribution in [0.5, 0.6) is 0 Å². The smallest absolute Gasteiger partial charge is 0.223 e. The summed E-state index contributed by atoms with van der Waals surface area (Å²) < 4.78 is 6.83. The van der Waals surface area contributed by atoms with Crippen LogP contribution in [0.3, 0.4) is 0 Å². The van der Waals surface area contributed by atoms with Gasteiger partial charge < -0.3 is 15.2 Å². The van der Waals surface area contributed by atoms with Crippen molar-refractivity contribution in [3.05, 3.63) is 41.9 Å². The third-order valence-corrected chi connectivity index (χ3v) is 3.01. The fraction of sp³-hybridized carbons (Fsp3) is 0.308. The molecule has 0 saturated carbocycles. The molecule has 0 saturated heterocycles. The highest BCUT2D eigenvalue weighted by Crippen LogP contribution is 2.02. The highest BCUT2D eigenvalue weighted by molar-refractivity contribution is 5.79. The molecule has 9 heteroatoms. The van der Waals surface area contributed by atoms with E-state index in [9.17, 15) is 0 Å². The van der Waals surface area contributed by atoms with Crippen molar-refractivity contribution in [2.75, 3.05) is 7.05 Å². The molecule has 0 spiro atoms. The molecule has 114 valence electrons. The van der Waals surface area contributed by atoms with Gasteiger partial charge in [0.25, 0.3) is 0 Å². The number of nitrogens with one attached hydrogen (secondary N) is 2. The van der Waals surface area contributed by atoms with Gasteiger partial charge in [-0.15, -0.1) is 10.2 Å². The average Bonchev–Trinajstić information content (AvgIpc) is 3.14. The minimum Gasteiger partial charge on any atom is -0.349 e. The maximum Gasteiger partial charge on any atom is 0.223 e. The van der Waals surface area contributed by atoms with Gasteiger partial charge in [-0.3, -0.25) is 9.39 Å². The van der Waals surface area contributed by atoms with Crippen molar-refractivity contribution < 1.29 is 4.52 Å². The molecule has 3 aromatic rings. The Bertz CT molecular complexity index is 790. The van der Waals surface area contributed by atoms with Crippen LogP contribution in [0, 0.1) is 6.92 Å². The molecule has 0 aliphatic rings. The van der Waals surface area contributed by atoms with E-state index in [0.717, 1.165) is 11.5 Å². The van der Waals surface area contributed by atoms with E-state index in [1.807, 2.05) is 28.8 Å². The number of aromatic nitrogens is 5. The van der Waals surface area contributed by atoms with Crippen LogP contribution in [0.2, 0.25) is 0 Å². The summed E-state index contributed by atoms with van der Waals surface area (Å²) in [6.07, 6.45) is 1.92. The van der Waals surface area contributed by atoms with Crippen molar-refractivity contribution in [2.45, 2.75) is 20.0 Å². The lowest BCUT2D eigenvalue weighted by Gasteiger charge is -2.09. The van der Waals surface area contributed by atoms with Gasteiger partial charge in [-0.2, -0.15) is 4.98 Å².